The van der Waals surface area contributed by atoms with Gasteiger partial charge in [0, 0.05) is 18.0 Å². The quantitative estimate of drug-likeness (QED) is 0.705. The average Bonchev–Trinajstić information content (AvgIpc) is 2.45. The van der Waals surface area contributed by atoms with E-state index < -0.39 is 0 Å². The minimum Gasteiger partial charge on any atom is -0.489 e. The molecule has 0 unspecified atom stereocenters. The van der Waals surface area contributed by atoms with Gasteiger partial charge < -0.3 is 9.47 Å². The molecule has 0 aromatic heterocycles. The zero-order valence-electron chi connectivity index (χ0n) is 10.5. The number of allylic oxidation sites excluding steroid dienone is 3. The number of benzene rings is 1. The van der Waals surface area contributed by atoms with Gasteiger partial charge in [0.25, 0.3) is 0 Å². The molecule has 0 fully saturated rings. The molecule has 0 amide bonds. The molecule has 0 bridgehead atoms. The number of aliphatic imine (C=N–C) groups is 1. The van der Waals surface area contributed by atoms with Gasteiger partial charge in [-0.05, 0) is 24.3 Å². The summed E-state index contributed by atoms with van der Waals surface area (Å²) in [6, 6.07) is 7.87. The summed E-state index contributed by atoms with van der Waals surface area (Å²) >= 11 is 0. The van der Waals surface area contributed by atoms with Gasteiger partial charge in [-0.15, -0.1) is 0 Å². The monoisotopic (exact) mass is 253 g/mol. The molecule has 1 aliphatic heterocycles. The zero-order valence-corrected chi connectivity index (χ0v) is 10.5. The van der Waals surface area contributed by atoms with Crippen molar-refractivity contribution in [3.8, 4) is 5.75 Å². The topological polar surface area (TPSA) is 30.8 Å². The van der Waals surface area contributed by atoms with Crippen molar-refractivity contribution < 1.29 is 9.47 Å². The summed E-state index contributed by atoms with van der Waals surface area (Å²) in [6.07, 6.45) is 15.8. The van der Waals surface area contributed by atoms with E-state index in [1.807, 2.05) is 42.5 Å². The normalized spacial score (nSPS) is 14.9. The maximum Gasteiger partial charge on any atom is 0.126 e. The second-order valence-electron chi connectivity index (χ2n) is 3.68. The minimum absolute atomic E-state index is 0.461. The summed E-state index contributed by atoms with van der Waals surface area (Å²) in [4.78, 5) is 4.06. The molecule has 0 spiro atoms. The molecule has 3 heteroatoms. The fourth-order valence-corrected chi connectivity index (χ4v) is 1.47. The van der Waals surface area contributed by atoms with E-state index in [9.17, 15) is 0 Å². The average molecular weight is 253 g/mol. The predicted octanol–water partition coefficient (Wildman–Crippen LogP) is 3.72. The van der Waals surface area contributed by atoms with Gasteiger partial charge in [0.1, 0.15) is 12.4 Å². The highest BCUT2D eigenvalue weighted by Gasteiger charge is 1.97. The van der Waals surface area contributed by atoms with Crippen LogP contribution in [0, 0.1) is 0 Å². The molecule has 1 aromatic carbocycles. The van der Waals surface area contributed by atoms with Crippen LogP contribution in [0.1, 0.15) is 5.56 Å². The summed E-state index contributed by atoms with van der Waals surface area (Å²) < 4.78 is 10.8. The van der Waals surface area contributed by atoms with Gasteiger partial charge in [-0.2, -0.15) is 0 Å². The second kappa shape index (κ2) is 7.71. The molecular weight excluding hydrogens is 238 g/mol. The van der Waals surface area contributed by atoms with Crippen molar-refractivity contribution in [3.63, 3.8) is 0 Å². The molecule has 1 heterocycles. The summed E-state index contributed by atoms with van der Waals surface area (Å²) in [6.45, 7) is 0.461. The smallest absolute Gasteiger partial charge is 0.126 e. The highest BCUT2D eigenvalue weighted by Crippen LogP contribution is 2.19. The van der Waals surface area contributed by atoms with Crippen LogP contribution in [0.2, 0.25) is 0 Å². The molecule has 19 heavy (non-hydrogen) atoms. The lowest BCUT2D eigenvalue weighted by Gasteiger charge is -2.06. The Labute approximate surface area is 112 Å². The van der Waals surface area contributed by atoms with Crippen LogP contribution in [0.3, 0.4) is 0 Å². The molecule has 2 rings (SSSR count). The first-order valence-electron chi connectivity index (χ1n) is 6.00. The van der Waals surface area contributed by atoms with Crippen LogP contribution in [0.25, 0.3) is 6.08 Å². The molecule has 1 aromatic rings. The van der Waals surface area contributed by atoms with E-state index in [2.05, 4.69) is 4.99 Å². The Balaban J connectivity index is 2.18. The van der Waals surface area contributed by atoms with E-state index in [-0.39, 0.29) is 0 Å². The van der Waals surface area contributed by atoms with Crippen LogP contribution in [-0.2, 0) is 4.74 Å². The number of nitrogens with zero attached hydrogens (tertiary/aromatic N) is 1. The Bertz CT molecular complexity index is 539. The molecular formula is C16H15NO2. The van der Waals surface area contributed by atoms with Gasteiger partial charge >= 0.3 is 0 Å². The number of fused-ring (bicyclic) bond motifs is 1. The lowest BCUT2D eigenvalue weighted by atomic mass is 10.2. The molecule has 96 valence electrons. The maximum atomic E-state index is 5.67. The molecule has 0 saturated carbocycles. The molecule has 0 aliphatic carbocycles. The predicted molar refractivity (Wildman–Crippen MR) is 78.0 cm³/mol. The molecule has 3 nitrogen and oxygen atoms in total. The van der Waals surface area contributed by atoms with Crippen molar-refractivity contribution >= 4 is 12.3 Å². The molecule has 0 saturated heterocycles. The van der Waals surface area contributed by atoms with Crippen LogP contribution < -0.4 is 4.74 Å². The maximum absolute atomic E-state index is 5.67. The first kappa shape index (κ1) is 12.9. The van der Waals surface area contributed by atoms with E-state index in [1.165, 1.54) is 0 Å². The fourth-order valence-electron chi connectivity index (χ4n) is 1.47. The van der Waals surface area contributed by atoms with E-state index in [4.69, 9.17) is 9.47 Å². The van der Waals surface area contributed by atoms with Crippen LogP contribution in [-0.4, -0.2) is 12.8 Å². The third-order valence-electron chi connectivity index (χ3n) is 2.32. The van der Waals surface area contributed by atoms with Crippen LogP contribution >= 0.6 is 0 Å². The number of rotatable bonds is 0. The SMILES string of the molecule is C1=CN=CC=COC=CCOc2ccccc2C=C1. The van der Waals surface area contributed by atoms with Crippen LogP contribution in [0.5, 0.6) is 5.75 Å². The van der Waals surface area contributed by atoms with Gasteiger partial charge in [-0.25, -0.2) is 0 Å². The second-order valence-corrected chi connectivity index (χ2v) is 3.68. The molecule has 1 aliphatic rings. The van der Waals surface area contributed by atoms with E-state index in [1.54, 1.807) is 37.1 Å². The van der Waals surface area contributed by atoms with Crippen molar-refractivity contribution in [2.24, 2.45) is 4.99 Å². The summed E-state index contributed by atoms with van der Waals surface area (Å²) in [5.74, 6) is 0.839. The minimum atomic E-state index is 0.461. The van der Waals surface area contributed by atoms with Crippen molar-refractivity contribution in [1.29, 1.82) is 0 Å². The lowest BCUT2D eigenvalue weighted by Crippen LogP contribution is -1.95. The van der Waals surface area contributed by atoms with Crippen molar-refractivity contribution in [1.82, 2.24) is 0 Å². The Morgan fingerprint density at radius 1 is 1.00 bits per heavy atom. The van der Waals surface area contributed by atoms with Crippen LogP contribution in [0.15, 0.2) is 72.3 Å². The first-order valence-corrected chi connectivity index (χ1v) is 6.00. The van der Waals surface area contributed by atoms with Gasteiger partial charge in [0.05, 0.1) is 12.5 Å². The van der Waals surface area contributed by atoms with Crippen LogP contribution in [0.4, 0.5) is 0 Å². The van der Waals surface area contributed by atoms with Gasteiger partial charge in [0.15, 0.2) is 0 Å². The number of hydrogen-bond acceptors (Lipinski definition) is 3. The number of ether oxygens (including phenoxy) is 2. The third kappa shape index (κ3) is 4.68. The first-order chi connectivity index (χ1) is 9.47. The number of hydrogen-bond donors (Lipinski definition) is 0. The number of para-hydroxylation sites is 1. The highest BCUT2D eigenvalue weighted by molar-refractivity contribution is 5.71. The largest absolute Gasteiger partial charge is 0.489 e. The van der Waals surface area contributed by atoms with Crippen molar-refractivity contribution in [3.05, 3.63) is 72.9 Å². The van der Waals surface area contributed by atoms with Gasteiger partial charge in [-0.1, -0.05) is 30.4 Å². The lowest BCUT2D eigenvalue weighted by molar-refractivity contribution is 0.349. The zero-order chi connectivity index (χ0) is 13.2. The van der Waals surface area contributed by atoms with Crippen molar-refractivity contribution in [2.45, 2.75) is 0 Å². The Kier molecular flexibility index (Phi) is 5.24. The molecule has 0 radical (unpaired) electrons. The van der Waals surface area contributed by atoms with E-state index >= 15 is 0 Å². The Hall–Kier alpha value is -2.55. The summed E-state index contributed by atoms with van der Waals surface area (Å²) in [7, 11) is 0. The summed E-state index contributed by atoms with van der Waals surface area (Å²) in [5.41, 5.74) is 1.03. The fraction of sp³-hybridized carbons (Fsp3) is 0.0625. The van der Waals surface area contributed by atoms with E-state index in [0.29, 0.717) is 6.61 Å². The Morgan fingerprint density at radius 2 is 1.95 bits per heavy atom. The highest BCUT2D eigenvalue weighted by atomic mass is 16.5. The molecule has 0 atom stereocenters. The standard InChI is InChI=1S/C16H15NO2/c1-2-9-16-15(7-1)8-3-4-10-17-11-5-12-18-13-6-14-19-16/h1-13H,14H2. The Morgan fingerprint density at radius 3 is 2.95 bits per heavy atom. The van der Waals surface area contributed by atoms with Crippen molar-refractivity contribution in [2.75, 3.05) is 6.61 Å². The third-order valence-corrected chi connectivity index (χ3v) is 2.32. The van der Waals surface area contributed by atoms with Gasteiger partial charge in [-0.3, -0.25) is 4.99 Å². The van der Waals surface area contributed by atoms with Gasteiger partial charge in [0.2, 0.25) is 0 Å². The van der Waals surface area contributed by atoms with E-state index in [0.717, 1.165) is 11.3 Å². The molecule has 0 N–H and O–H groups in total. The summed E-state index contributed by atoms with van der Waals surface area (Å²) in [5, 5.41) is 0.